The Balaban J connectivity index is 1.63. The number of benzene rings is 1. The number of esters is 1. The predicted octanol–water partition coefficient (Wildman–Crippen LogP) is 2.84. The summed E-state index contributed by atoms with van der Waals surface area (Å²) in [6.07, 6.45) is 4.67. The molecule has 9 heteroatoms. The summed E-state index contributed by atoms with van der Waals surface area (Å²) < 4.78 is 19.4. The number of piperazine rings is 1. The lowest BCUT2D eigenvalue weighted by molar-refractivity contribution is -0.140. The van der Waals surface area contributed by atoms with Crippen LogP contribution in [0.4, 0.5) is 9.18 Å². The van der Waals surface area contributed by atoms with Crippen molar-refractivity contribution in [3.05, 3.63) is 59.6 Å². The van der Waals surface area contributed by atoms with Crippen LogP contribution >= 0.6 is 0 Å². The average Bonchev–Trinajstić information content (AvgIpc) is 2.80. The molecule has 3 aliphatic rings. The van der Waals surface area contributed by atoms with Gasteiger partial charge in [0.15, 0.2) is 0 Å². The van der Waals surface area contributed by atoms with Gasteiger partial charge in [0, 0.05) is 50.9 Å². The molecule has 35 heavy (non-hydrogen) atoms. The Labute approximate surface area is 205 Å². The van der Waals surface area contributed by atoms with Crippen LogP contribution in [-0.4, -0.2) is 78.5 Å². The minimum absolute atomic E-state index is 0.164. The van der Waals surface area contributed by atoms with Crippen molar-refractivity contribution in [3.8, 4) is 0 Å². The van der Waals surface area contributed by atoms with Crippen molar-refractivity contribution < 1.29 is 23.5 Å². The van der Waals surface area contributed by atoms with Crippen LogP contribution in [0, 0.1) is 11.7 Å². The van der Waals surface area contributed by atoms with E-state index >= 15 is 0 Å². The van der Waals surface area contributed by atoms with E-state index in [0.29, 0.717) is 44.0 Å². The SMILES string of the molecule is C=CCN1C(=O)NC(c2cccc(F)c2)C(C(=O)OCC)=C1CN1CCN(C(=O)C2CCC2)CC1. The third-order valence-electron chi connectivity index (χ3n) is 6.94. The first-order chi connectivity index (χ1) is 16.9. The molecule has 3 amide bonds. The largest absolute Gasteiger partial charge is 0.463 e. The Morgan fingerprint density at radius 2 is 1.97 bits per heavy atom. The fraction of sp³-hybridized carbons (Fsp3) is 0.500. The molecule has 1 unspecified atom stereocenters. The molecule has 1 aromatic rings. The summed E-state index contributed by atoms with van der Waals surface area (Å²) in [5.41, 5.74) is 1.26. The topological polar surface area (TPSA) is 82.2 Å². The van der Waals surface area contributed by atoms with E-state index in [0.717, 1.165) is 19.3 Å². The van der Waals surface area contributed by atoms with Gasteiger partial charge in [-0.25, -0.2) is 14.0 Å². The minimum atomic E-state index is -0.838. The van der Waals surface area contributed by atoms with Gasteiger partial charge in [-0.3, -0.25) is 14.6 Å². The Hall–Kier alpha value is -3.20. The van der Waals surface area contributed by atoms with E-state index < -0.39 is 17.8 Å². The number of amides is 3. The zero-order chi connectivity index (χ0) is 24.9. The molecule has 1 aromatic carbocycles. The van der Waals surface area contributed by atoms with Gasteiger partial charge in [0.1, 0.15) is 5.82 Å². The van der Waals surface area contributed by atoms with Crippen LogP contribution in [0.25, 0.3) is 0 Å². The molecule has 0 aromatic heterocycles. The molecule has 0 spiro atoms. The Bertz CT molecular complexity index is 1010. The number of carbonyl (C=O) groups excluding carboxylic acids is 3. The van der Waals surface area contributed by atoms with E-state index in [1.165, 1.54) is 17.0 Å². The molecule has 188 valence electrons. The van der Waals surface area contributed by atoms with E-state index in [1.54, 1.807) is 25.1 Å². The van der Waals surface area contributed by atoms with Crippen LogP contribution in [0.3, 0.4) is 0 Å². The molecule has 2 aliphatic heterocycles. The summed E-state index contributed by atoms with van der Waals surface area (Å²) in [7, 11) is 0. The van der Waals surface area contributed by atoms with E-state index in [9.17, 15) is 18.8 Å². The van der Waals surface area contributed by atoms with Gasteiger partial charge >= 0.3 is 12.0 Å². The van der Waals surface area contributed by atoms with Gasteiger partial charge in [-0.15, -0.1) is 6.58 Å². The molecule has 0 radical (unpaired) electrons. The highest BCUT2D eigenvalue weighted by molar-refractivity contribution is 5.95. The highest BCUT2D eigenvalue weighted by atomic mass is 19.1. The normalized spacial score (nSPS) is 21.4. The first-order valence-electron chi connectivity index (χ1n) is 12.3. The molecular formula is C26H33FN4O4. The average molecular weight is 485 g/mol. The fourth-order valence-corrected chi connectivity index (χ4v) is 4.83. The Morgan fingerprint density at radius 3 is 2.57 bits per heavy atom. The minimum Gasteiger partial charge on any atom is -0.463 e. The van der Waals surface area contributed by atoms with E-state index in [2.05, 4.69) is 16.8 Å². The number of hydrogen-bond donors (Lipinski definition) is 1. The summed E-state index contributed by atoms with van der Waals surface area (Å²) in [5, 5.41) is 2.84. The second-order valence-corrected chi connectivity index (χ2v) is 9.15. The number of hydrogen-bond acceptors (Lipinski definition) is 5. The van der Waals surface area contributed by atoms with Crippen LogP contribution in [-0.2, 0) is 14.3 Å². The van der Waals surface area contributed by atoms with Gasteiger partial charge in [-0.1, -0.05) is 24.6 Å². The first-order valence-corrected chi connectivity index (χ1v) is 12.3. The maximum absolute atomic E-state index is 14.0. The molecule has 0 bridgehead atoms. The number of carbonyl (C=O) groups is 3. The fourth-order valence-electron chi connectivity index (χ4n) is 4.83. The molecule has 4 rings (SSSR count). The number of rotatable bonds is 8. The number of ether oxygens (including phenoxy) is 1. The second-order valence-electron chi connectivity index (χ2n) is 9.15. The molecule has 1 saturated carbocycles. The van der Waals surface area contributed by atoms with Gasteiger partial charge in [0.05, 0.1) is 18.2 Å². The quantitative estimate of drug-likeness (QED) is 0.453. The summed E-state index contributed by atoms with van der Waals surface area (Å²) in [6.45, 7) is 8.66. The lowest BCUT2D eigenvalue weighted by Gasteiger charge is -2.41. The molecule has 1 saturated heterocycles. The molecule has 8 nitrogen and oxygen atoms in total. The molecule has 2 heterocycles. The van der Waals surface area contributed by atoms with E-state index in [1.807, 2.05) is 4.90 Å². The zero-order valence-electron chi connectivity index (χ0n) is 20.2. The van der Waals surface area contributed by atoms with Gasteiger partial charge in [0.2, 0.25) is 5.91 Å². The monoisotopic (exact) mass is 484 g/mol. The smallest absolute Gasteiger partial charge is 0.338 e. The number of halogens is 1. The summed E-state index contributed by atoms with van der Waals surface area (Å²) >= 11 is 0. The Kier molecular flexibility index (Phi) is 7.85. The maximum atomic E-state index is 14.0. The van der Waals surface area contributed by atoms with Crippen molar-refractivity contribution in [1.82, 2.24) is 20.0 Å². The molecule has 1 N–H and O–H groups in total. The third kappa shape index (κ3) is 5.40. The maximum Gasteiger partial charge on any atom is 0.338 e. The summed E-state index contributed by atoms with van der Waals surface area (Å²) in [4.78, 5) is 44.5. The summed E-state index contributed by atoms with van der Waals surface area (Å²) in [5.74, 6) is -0.609. The van der Waals surface area contributed by atoms with Crippen LogP contribution in [0.5, 0.6) is 0 Å². The highest BCUT2D eigenvalue weighted by Gasteiger charge is 2.39. The van der Waals surface area contributed by atoms with Gasteiger partial charge in [0.25, 0.3) is 0 Å². The van der Waals surface area contributed by atoms with Gasteiger partial charge in [-0.2, -0.15) is 0 Å². The highest BCUT2D eigenvalue weighted by Crippen LogP contribution is 2.33. The molecule has 2 fully saturated rings. The standard InChI is InChI=1S/C26H33FN4O4/c1-3-11-31-21(17-29-12-14-30(15-13-29)24(32)18-7-5-8-18)22(25(33)35-4-2)23(28-26(31)34)19-9-6-10-20(27)16-19/h3,6,9-10,16,18,23H,1,4-5,7-8,11-15,17H2,2H3,(H,28,34). The van der Waals surface area contributed by atoms with Crippen molar-refractivity contribution in [2.45, 2.75) is 32.2 Å². The van der Waals surface area contributed by atoms with Crippen LogP contribution in [0.2, 0.25) is 0 Å². The van der Waals surface area contributed by atoms with E-state index in [4.69, 9.17) is 4.74 Å². The number of nitrogens with zero attached hydrogens (tertiary/aromatic N) is 3. The predicted molar refractivity (Wildman–Crippen MR) is 129 cm³/mol. The molecule has 1 atom stereocenters. The molecular weight excluding hydrogens is 451 g/mol. The number of urea groups is 1. The van der Waals surface area contributed by atoms with Crippen molar-refractivity contribution >= 4 is 17.9 Å². The summed E-state index contributed by atoms with van der Waals surface area (Å²) in [6, 6.07) is 4.63. The van der Waals surface area contributed by atoms with Crippen molar-refractivity contribution in [2.24, 2.45) is 5.92 Å². The van der Waals surface area contributed by atoms with Gasteiger partial charge in [-0.05, 0) is 37.5 Å². The van der Waals surface area contributed by atoms with Crippen LogP contribution in [0.15, 0.2) is 48.2 Å². The zero-order valence-corrected chi connectivity index (χ0v) is 20.2. The van der Waals surface area contributed by atoms with Crippen LogP contribution in [0.1, 0.15) is 37.8 Å². The Morgan fingerprint density at radius 1 is 1.23 bits per heavy atom. The van der Waals surface area contributed by atoms with Crippen molar-refractivity contribution in [3.63, 3.8) is 0 Å². The van der Waals surface area contributed by atoms with Gasteiger partial charge < -0.3 is 15.0 Å². The van der Waals surface area contributed by atoms with Crippen LogP contribution < -0.4 is 5.32 Å². The lowest BCUT2D eigenvalue weighted by Crippen LogP contribution is -2.54. The van der Waals surface area contributed by atoms with E-state index in [-0.39, 0.29) is 36.6 Å². The van der Waals surface area contributed by atoms with Crippen molar-refractivity contribution in [1.29, 1.82) is 0 Å². The third-order valence-corrected chi connectivity index (χ3v) is 6.94. The number of nitrogens with one attached hydrogen (secondary N) is 1. The lowest BCUT2D eigenvalue weighted by atomic mass is 9.84. The second kappa shape index (κ2) is 11.0. The van der Waals surface area contributed by atoms with Crippen molar-refractivity contribution in [2.75, 3.05) is 45.9 Å². The molecule has 1 aliphatic carbocycles. The first kappa shape index (κ1) is 24.9.